The Kier molecular flexibility index (Phi) is 8.70. The van der Waals surface area contributed by atoms with Crippen molar-refractivity contribution in [2.24, 2.45) is 16.6 Å². The number of allylic oxidation sites excluding steroid dienone is 5. The molecule has 3 heterocycles. The molecule has 2 aromatic heterocycles. The van der Waals surface area contributed by atoms with Crippen LogP contribution in [0, 0.1) is 19.8 Å². The summed E-state index contributed by atoms with van der Waals surface area (Å²) in [5, 5.41) is 4.83. The molecular weight excluding hydrogens is 536 g/mol. The van der Waals surface area contributed by atoms with E-state index in [-0.39, 0.29) is 5.92 Å². The highest BCUT2D eigenvalue weighted by Gasteiger charge is 2.36. The minimum atomic E-state index is 0.253. The first-order valence-electron chi connectivity index (χ1n) is 15.5. The van der Waals surface area contributed by atoms with E-state index in [9.17, 15) is 0 Å². The zero-order valence-corrected chi connectivity index (χ0v) is 26.4. The number of nitrogens with one attached hydrogen (secondary N) is 1. The molecule has 1 aliphatic heterocycles. The Morgan fingerprint density at radius 2 is 2.10 bits per heavy atom. The van der Waals surface area contributed by atoms with Gasteiger partial charge in [0.1, 0.15) is 0 Å². The molecular formula is C35H44N6S. The number of hydrogen-bond donors (Lipinski definition) is 2. The van der Waals surface area contributed by atoms with Gasteiger partial charge in [-0.3, -0.25) is 14.9 Å². The first-order chi connectivity index (χ1) is 20.5. The molecule has 0 spiro atoms. The van der Waals surface area contributed by atoms with Crippen molar-refractivity contribution in [3.63, 3.8) is 0 Å². The van der Waals surface area contributed by atoms with Gasteiger partial charge in [-0.1, -0.05) is 36.8 Å². The Hall–Kier alpha value is -3.13. The molecule has 1 fully saturated rings. The molecule has 2 atom stereocenters. The number of piperazine rings is 1. The van der Waals surface area contributed by atoms with Crippen LogP contribution in [0.1, 0.15) is 73.0 Å². The van der Waals surface area contributed by atoms with Crippen LogP contribution in [0.25, 0.3) is 21.2 Å². The Bertz CT molecular complexity index is 1590. The molecule has 0 radical (unpaired) electrons. The number of aryl methyl sites for hydroxylation is 1. The molecule has 220 valence electrons. The number of fused-ring (bicyclic) bond motifs is 2. The average Bonchev–Trinajstić information content (AvgIpc) is 3.43. The molecule has 3 aromatic rings. The number of pyridine rings is 1. The summed E-state index contributed by atoms with van der Waals surface area (Å²) < 4.78 is 6.37. The van der Waals surface area contributed by atoms with Crippen molar-refractivity contribution in [1.29, 1.82) is 0 Å². The van der Waals surface area contributed by atoms with Gasteiger partial charge in [-0.2, -0.15) is 4.37 Å². The summed E-state index contributed by atoms with van der Waals surface area (Å²) >= 11 is 1.61. The fourth-order valence-electron chi connectivity index (χ4n) is 7.35. The van der Waals surface area contributed by atoms with E-state index in [1.165, 1.54) is 49.2 Å². The van der Waals surface area contributed by atoms with Gasteiger partial charge in [-0.25, -0.2) is 0 Å². The maximum Gasteiger partial charge on any atom is 0.0742 e. The second-order valence-corrected chi connectivity index (χ2v) is 13.0. The van der Waals surface area contributed by atoms with Crippen LogP contribution >= 0.6 is 11.5 Å². The lowest BCUT2D eigenvalue weighted by atomic mass is 9.70. The van der Waals surface area contributed by atoms with Crippen LogP contribution in [-0.2, 0) is 6.54 Å². The Morgan fingerprint density at radius 1 is 1.26 bits per heavy atom. The molecule has 0 bridgehead atoms. The van der Waals surface area contributed by atoms with Crippen LogP contribution in [0.2, 0.25) is 0 Å². The first-order valence-corrected chi connectivity index (χ1v) is 16.3. The summed E-state index contributed by atoms with van der Waals surface area (Å²) in [7, 11) is 1.86. The predicted molar refractivity (Wildman–Crippen MR) is 177 cm³/mol. The number of hydrogen-bond acceptors (Lipinski definition) is 7. The highest BCUT2D eigenvalue weighted by atomic mass is 32.1. The van der Waals surface area contributed by atoms with E-state index in [1.807, 2.05) is 19.3 Å². The molecule has 2 aliphatic carbocycles. The predicted octanol–water partition coefficient (Wildman–Crippen LogP) is 6.82. The maximum atomic E-state index is 5.67. The van der Waals surface area contributed by atoms with E-state index >= 15 is 0 Å². The van der Waals surface area contributed by atoms with Crippen LogP contribution in [-0.4, -0.2) is 53.2 Å². The summed E-state index contributed by atoms with van der Waals surface area (Å²) in [6.07, 6.45) is 15.6. The minimum absolute atomic E-state index is 0.253. The smallest absolute Gasteiger partial charge is 0.0742 e. The Balaban J connectivity index is 1.40. The average molecular weight is 581 g/mol. The van der Waals surface area contributed by atoms with E-state index in [1.54, 1.807) is 23.3 Å². The van der Waals surface area contributed by atoms with E-state index in [0.29, 0.717) is 5.92 Å². The van der Waals surface area contributed by atoms with Crippen LogP contribution in [0.5, 0.6) is 0 Å². The number of benzene rings is 1. The fourth-order valence-corrected chi connectivity index (χ4v) is 8.15. The lowest BCUT2D eigenvalue weighted by Gasteiger charge is -2.34. The second-order valence-electron chi connectivity index (χ2n) is 12.2. The number of nitrogens with two attached hydrogens (primary N) is 1. The monoisotopic (exact) mass is 580 g/mol. The lowest BCUT2D eigenvalue weighted by Crippen LogP contribution is -2.43. The molecule has 6 nitrogen and oxygen atoms in total. The Morgan fingerprint density at radius 3 is 2.88 bits per heavy atom. The molecule has 0 saturated carbocycles. The van der Waals surface area contributed by atoms with Crippen molar-refractivity contribution in [2.75, 3.05) is 33.2 Å². The fraction of sp³-hybridized carbons (Fsp3) is 0.457. The molecule has 0 amide bonds. The van der Waals surface area contributed by atoms with Gasteiger partial charge in [-0.15, -0.1) is 0 Å². The minimum Gasteiger partial charge on any atom is -0.405 e. The summed E-state index contributed by atoms with van der Waals surface area (Å²) in [5.74, 6) is 0.655. The van der Waals surface area contributed by atoms with E-state index in [2.05, 4.69) is 60.3 Å². The van der Waals surface area contributed by atoms with Gasteiger partial charge in [0, 0.05) is 74.2 Å². The van der Waals surface area contributed by atoms with Crippen LogP contribution < -0.4 is 11.1 Å². The molecule has 3 aliphatic rings. The summed E-state index contributed by atoms with van der Waals surface area (Å²) in [6.45, 7) is 12.3. The molecule has 6 rings (SSSR count). The quantitative estimate of drug-likeness (QED) is 0.272. The number of aromatic nitrogens is 2. The standard InChI is InChI=1S/C35H44N6S/c1-22(19-26-8-6-5-7-25(26)9-11-28(37-4)13-14-36)31-32-23(2)27(21-41-17-15-38-16-18-41)10-12-29(32)33-24(3)39-20-30-34(33)35(31)40-42-30/h6,8,10,12-14,20,22,31,38H,5,7,9,11,15-19,21,36H2,1-4H3/b14-13-,37-28?. The molecule has 7 heteroatoms. The zero-order chi connectivity index (χ0) is 29.2. The molecule has 1 aromatic carbocycles. The third kappa shape index (κ3) is 5.50. The van der Waals surface area contributed by atoms with Gasteiger partial charge in [0.25, 0.3) is 0 Å². The highest BCUT2D eigenvalue weighted by Crippen LogP contribution is 2.52. The topological polar surface area (TPSA) is 79.4 Å². The van der Waals surface area contributed by atoms with Gasteiger partial charge in [0.2, 0.25) is 0 Å². The van der Waals surface area contributed by atoms with Crippen LogP contribution in [0.15, 0.2) is 58.9 Å². The van der Waals surface area contributed by atoms with E-state index in [4.69, 9.17) is 15.1 Å². The van der Waals surface area contributed by atoms with Crippen molar-refractivity contribution < 1.29 is 0 Å². The van der Waals surface area contributed by atoms with Gasteiger partial charge in [0.05, 0.1) is 10.4 Å². The highest BCUT2D eigenvalue weighted by molar-refractivity contribution is 7.13. The number of aliphatic imine (C=N–C) groups is 1. The molecule has 3 N–H and O–H groups in total. The van der Waals surface area contributed by atoms with Crippen LogP contribution in [0.3, 0.4) is 0 Å². The van der Waals surface area contributed by atoms with Crippen molar-refractivity contribution in [3.8, 4) is 11.1 Å². The normalized spacial score (nSPS) is 20.1. The number of nitrogens with zero attached hydrogens (tertiary/aromatic N) is 4. The summed E-state index contributed by atoms with van der Waals surface area (Å²) in [6, 6.07) is 4.78. The zero-order valence-electron chi connectivity index (χ0n) is 25.5. The van der Waals surface area contributed by atoms with Gasteiger partial charge in [0.15, 0.2) is 0 Å². The maximum absolute atomic E-state index is 5.67. The second kappa shape index (κ2) is 12.6. The van der Waals surface area contributed by atoms with Crippen molar-refractivity contribution >= 4 is 27.3 Å². The van der Waals surface area contributed by atoms with E-state index in [0.717, 1.165) is 76.2 Å². The van der Waals surface area contributed by atoms with Crippen LogP contribution in [0.4, 0.5) is 0 Å². The van der Waals surface area contributed by atoms with Crippen molar-refractivity contribution in [2.45, 2.75) is 65.3 Å². The first kappa shape index (κ1) is 29.0. The van der Waals surface area contributed by atoms with Crippen molar-refractivity contribution in [3.05, 3.63) is 82.0 Å². The third-order valence-electron chi connectivity index (χ3n) is 9.59. The Labute approximate surface area is 254 Å². The SMILES string of the molecule is CN=C(/C=C\N)CCC1=C(CC(C)C2c3c(ccc(CN4CCNCC4)c3C)-c3c(C)ncc4snc2c34)C=CCC1. The van der Waals surface area contributed by atoms with Gasteiger partial charge in [-0.05, 0) is 104 Å². The van der Waals surface area contributed by atoms with Crippen molar-refractivity contribution in [1.82, 2.24) is 19.6 Å². The summed E-state index contributed by atoms with van der Waals surface area (Å²) in [5.41, 5.74) is 19.2. The third-order valence-corrected chi connectivity index (χ3v) is 10.4. The molecule has 1 saturated heterocycles. The van der Waals surface area contributed by atoms with Gasteiger partial charge >= 0.3 is 0 Å². The number of rotatable bonds is 9. The molecule has 2 unspecified atom stereocenters. The lowest BCUT2D eigenvalue weighted by molar-refractivity contribution is 0.232. The van der Waals surface area contributed by atoms with E-state index < -0.39 is 0 Å². The molecule has 42 heavy (non-hydrogen) atoms. The largest absolute Gasteiger partial charge is 0.405 e. The van der Waals surface area contributed by atoms with Gasteiger partial charge < -0.3 is 11.1 Å². The summed E-state index contributed by atoms with van der Waals surface area (Å²) in [4.78, 5) is 11.8.